The van der Waals surface area contributed by atoms with Gasteiger partial charge in [-0.3, -0.25) is 4.90 Å². The first-order valence-corrected chi connectivity index (χ1v) is 7.37. The second-order valence-electron chi connectivity index (χ2n) is 6.52. The summed E-state index contributed by atoms with van der Waals surface area (Å²) in [6.45, 7) is 5.59. The van der Waals surface area contributed by atoms with Crippen LogP contribution in [-0.2, 0) is 0 Å². The average molecular weight is 254 g/mol. The van der Waals surface area contributed by atoms with Gasteiger partial charge < -0.3 is 15.5 Å². The van der Waals surface area contributed by atoms with Crippen LogP contribution in [0.25, 0.3) is 0 Å². The molecule has 2 aliphatic rings. The number of likely N-dealkylation sites (tertiary alicyclic amines) is 2. The molecule has 2 N–H and O–H groups in total. The van der Waals surface area contributed by atoms with E-state index in [1.807, 2.05) is 0 Å². The van der Waals surface area contributed by atoms with Crippen molar-refractivity contribution in [2.75, 3.05) is 53.9 Å². The molecule has 2 unspecified atom stereocenters. The monoisotopic (exact) mass is 254 g/mol. The van der Waals surface area contributed by atoms with Crippen LogP contribution in [0.2, 0.25) is 0 Å². The van der Waals surface area contributed by atoms with Crippen LogP contribution in [-0.4, -0.2) is 80.1 Å². The fourth-order valence-electron chi connectivity index (χ4n) is 3.93. The summed E-state index contributed by atoms with van der Waals surface area (Å²) < 4.78 is 0. The van der Waals surface area contributed by atoms with Gasteiger partial charge in [-0.2, -0.15) is 0 Å². The largest absolute Gasteiger partial charge is 0.329 e. The number of hydrogen-bond acceptors (Lipinski definition) is 4. The standard InChI is InChI=1S/C14H30N4/c1-16(2)10-13-6-4-9-18(13)14(11-15)7-5-8-17(3)12-14/h13H,4-12,15H2,1-3H3. The molecule has 18 heavy (non-hydrogen) atoms. The Bertz CT molecular complexity index is 269. The number of rotatable bonds is 4. The van der Waals surface area contributed by atoms with Crippen molar-refractivity contribution in [2.45, 2.75) is 37.3 Å². The van der Waals surface area contributed by atoms with Crippen molar-refractivity contribution >= 4 is 0 Å². The molecule has 0 aromatic rings. The van der Waals surface area contributed by atoms with Gasteiger partial charge in [0.25, 0.3) is 0 Å². The molecule has 0 bridgehead atoms. The van der Waals surface area contributed by atoms with Gasteiger partial charge in [0, 0.05) is 31.2 Å². The highest BCUT2D eigenvalue weighted by Gasteiger charge is 2.43. The molecule has 4 nitrogen and oxygen atoms in total. The van der Waals surface area contributed by atoms with Gasteiger partial charge in [-0.15, -0.1) is 0 Å². The van der Waals surface area contributed by atoms with E-state index in [2.05, 4.69) is 35.8 Å². The number of nitrogens with zero attached hydrogens (tertiary/aromatic N) is 3. The Morgan fingerprint density at radius 2 is 2.06 bits per heavy atom. The molecule has 0 saturated carbocycles. The number of nitrogens with two attached hydrogens (primary N) is 1. The number of hydrogen-bond donors (Lipinski definition) is 1. The molecule has 2 fully saturated rings. The third-order valence-corrected chi connectivity index (χ3v) is 4.69. The highest BCUT2D eigenvalue weighted by atomic mass is 15.3. The minimum atomic E-state index is 0.240. The fraction of sp³-hybridized carbons (Fsp3) is 1.00. The van der Waals surface area contributed by atoms with E-state index < -0.39 is 0 Å². The van der Waals surface area contributed by atoms with Crippen LogP contribution < -0.4 is 5.73 Å². The van der Waals surface area contributed by atoms with Gasteiger partial charge in [0.1, 0.15) is 0 Å². The smallest absolute Gasteiger partial charge is 0.0462 e. The second kappa shape index (κ2) is 5.87. The summed E-state index contributed by atoms with van der Waals surface area (Å²) in [6, 6.07) is 0.704. The first kappa shape index (κ1) is 14.3. The van der Waals surface area contributed by atoms with Gasteiger partial charge in [0.2, 0.25) is 0 Å². The molecule has 0 spiro atoms. The maximum atomic E-state index is 6.19. The zero-order valence-electron chi connectivity index (χ0n) is 12.4. The van der Waals surface area contributed by atoms with Gasteiger partial charge >= 0.3 is 0 Å². The van der Waals surface area contributed by atoms with Crippen molar-refractivity contribution in [3.8, 4) is 0 Å². The van der Waals surface area contributed by atoms with E-state index in [-0.39, 0.29) is 5.54 Å². The minimum absolute atomic E-state index is 0.240. The van der Waals surface area contributed by atoms with Crippen LogP contribution >= 0.6 is 0 Å². The first-order valence-electron chi connectivity index (χ1n) is 7.37. The van der Waals surface area contributed by atoms with Crippen molar-refractivity contribution in [1.82, 2.24) is 14.7 Å². The normalized spacial score (nSPS) is 35.5. The van der Waals surface area contributed by atoms with Crippen molar-refractivity contribution in [1.29, 1.82) is 0 Å². The Labute approximate surface area is 112 Å². The van der Waals surface area contributed by atoms with Gasteiger partial charge in [-0.1, -0.05) is 0 Å². The predicted molar refractivity (Wildman–Crippen MR) is 76.8 cm³/mol. The Kier molecular flexibility index (Phi) is 4.64. The lowest BCUT2D eigenvalue weighted by Gasteiger charge is -2.49. The molecule has 0 radical (unpaired) electrons. The minimum Gasteiger partial charge on any atom is -0.329 e. The van der Waals surface area contributed by atoms with E-state index in [0.717, 1.165) is 13.1 Å². The highest BCUT2D eigenvalue weighted by molar-refractivity contribution is 5.01. The average Bonchev–Trinajstić information content (AvgIpc) is 2.76. The molecule has 2 rings (SSSR count). The van der Waals surface area contributed by atoms with Crippen LogP contribution in [0.4, 0.5) is 0 Å². The molecular weight excluding hydrogens is 224 g/mol. The van der Waals surface area contributed by atoms with Crippen molar-refractivity contribution in [3.63, 3.8) is 0 Å². The highest BCUT2D eigenvalue weighted by Crippen LogP contribution is 2.33. The molecule has 4 heteroatoms. The van der Waals surface area contributed by atoms with Gasteiger partial charge in [-0.25, -0.2) is 0 Å². The zero-order chi connectivity index (χ0) is 13.2. The molecule has 2 aliphatic heterocycles. The number of likely N-dealkylation sites (N-methyl/N-ethyl adjacent to an activating group) is 2. The lowest BCUT2D eigenvalue weighted by atomic mass is 9.86. The summed E-state index contributed by atoms with van der Waals surface area (Å²) in [6.07, 6.45) is 5.24. The third kappa shape index (κ3) is 2.87. The number of piperidine rings is 1. The Morgan fingerprint density at radius 3 is 2.67 bits per heavy atom. The summed E-state index contributed by atoms with van der Waals surface area (Å²) >= 11 is 0. The lowest BCUT2D eigenvalue weighted by Crippen LogP contribution is -2.64. The second-order valence-corrected chi connectivity index (χ2v) is 6.52. The molecular formula is C14H30N4. The van der Waals surface area contributed by atoms with E-state index in [0.29, 0.717) is 6.04 Å². The maximum absolute atomic E-state index is 6.19. The van der Waals surface area contributed by atoms with E-state index in [9.17, 15) is 0 Å². The molecule has 0 aromatic heterocycles. The first-order chi connectivity index (χ1) is 8.57. The predicted octanol–water partition coefficient (Wildman–Crippen LogP) is 0.436. The van der Waals surface area contributed by atoms with Gasteiger partial charge in [-0.05, 0) is 59.9 Å². The summed E-state index contributed by atoms with van der Waals surface area (Å²) in [7, 11) is 6.60. The molecule has 2 atom stereocenters. The van der Waals surface area contributed by atoms with Gasteiger partial charge in [0.15, 0.2) is 0 Å². The van der Waals surface area contributed by atoms with Crippen molar-refractivity contribution in [3.05, 3.63) is 0 Å². The molecule has 0 aromatic carbocycles. The topological polar surface area (TPSA) is 35.7 Å². The van der Waals surface area contributed by atoms with E-state index >= 15 is 0 Å². The summed E-state index contributed by atoms with van der Waals surface area (Å²) in [5.74, 6) is 0. The zero-order valence-corrected chi connectivity index (χ0v) is 12.4. The SMILES string of the molecule is CN(C)CC1CCCN1C1(CN)CCCN(C)C1. The Morgan fingerprint density at radius 1 is 1.28 bits per heavy atom. The Balaban J connectivity index is 2.10. The van der Waals surface area contributed by atoms with Gasteiger partial charge in [0.05, 0.1) is 0 Å². The molecule has 2 saturated heterocycles. The Hall–Kier alpha value is -0.160. The summed E-state index contributed by atoms with van der Waals surface area (Å²) in [5, 5.41) is 0. The summed E-state index contributed by atoms with van der Waals surface area (Å²) in [5.41, 5.74) is 6.43. The quantitative estimate of drug-likeness (QED) is 0.789. The van der Waals surface area contributed by atoms with Crippen molar-refractivity contribution < 1.29 is 0 Å². The van der Waals surface area contributed by atoms with Crippen LogP contribution in [0, 0.1) is 0 Å². The maximum Gasteiger partial charge on any atom is 0.0462 e. The van der Waals surface area contributed by atoms with Crippen LogP contribution in [0.3, 0.4) is 0 Å². The molecule has 0 amide bonds. The van der Waals surface area contributed by atoms with E-state index in [1.54, 1.807) is 0 Å². The van der Waals surface area contributed by atoms with E-state index in [1.165, 1.54) is 45.3 Å². The van der Waals surface area contributed by atoms with Crippen LogP contribution in [0.1, 0.15) is 25.7 Å². The lowest BCUT2D eigenvalue weighted by molar-refractivity contribution is 0.0106. The van der Waals surface area contributed by atoms with Crippen LogP contribution in [0.15, 0.2) is 0 Å². The van der Waals surface area contributed by atoms with Crippen LogP contribution in [0.5, 0.6) is 0 Å². The fourth-order valence-corrected chi connectivity index (χ4v) is 3.93. The third-order valence-electron chi connectivity index (χ3n) is 4.69. The van der Waals surface area contributed by atoms with E-state index in [4.69, 9.17) is 5.73 Å². The molecule has 2 heterocycles. The van der Waals surface area contributed by atoms with Crippen molar-refractivity contribution in [2.24, 2.45) is 5.73 Å². The molecule has 0 aliphatic carbocycles. The molecule has 106 valence electrons. The summed E-state index contributed by atoms with van der Waals surface area (Å²) in [4.78, 5) is 7.52.